The smallest absolute Gasteiger partial charge is 0.306 e. The van der Waals surface area contributed by atoms with Crippen LogP contribution in [0, 0.1) is 0 Å². The fourth-order valence-corrected chi connectivity index (χ4v) is 3.48. The highest BCUT2D eigenvalue weighted by molar-refractivity contribution is 5.71. The Labute approximate surface area is 191 Å². The van der Waals surface area contributed by atoms with Gasteiger partial charge in [-0.15, -0.1) is 0 Å². The van der Waals surface area contributed by atoms with Crippen molar-refractivity contribution in [1.82, 2.24) is 4.90 Å². The van der Waals surface area contributed by atoms with Crippen molar-refractivity contribution in [2.45, 2.75) is 52.1 Å². The molecule has 0 bridgehead atoms. The predicted molar refractivity (Wildman–Crippen MR) is 125 cm³/mol. The van der Waals surface area contributed by atoms with E-state index in [0.717, 1.165) is 37.2 Å². The highest BCUT2D eigenvalue weighted by Gasteiger charge is 2.19. The Kier molecular flexibility index (Phi) is 11.3. The minimum atomic E-state index is -0.909. The average molecular weight is 442 g/mol. The number of aryl methyl sites for hydroxylation is 2. The molecular formula is C26H35NO5. The predicted octanol–water partition coefficient (Wildman–Crippen LogP) is 4.36. The molecule has 0 fully saturated rings. The van der Waals surface area contributed by atoms with Gasteiger partial charge in [0.05, 0.1) is 0 Å². The van der Waals surface area contributed by atoms with Crippen LogP contribution in [-0.4, -0.2) is 54.3 Å². The minimum Gasteiger partial charge on any atom is -0.489 e. The molecule has 2 rings (SSSR count). The standard InChI is InChI=1S/C26H35NO5/c1-3-27(4-2)19-23(32-26(30)16-10-15-25(28)29)20-31-24-14-9-8-13-22(24)18-17-21-11-6-5-7-12-21/h5-9,11-14,23H,3-4,10,15-20H2,1-2H3,(H,28,29). The number of para-hydroxylation sites is 1. The number of aliphatic carboxylic acids is 1. The van der Waals surface area contributed by atoms with E-state index in [-0.39, 0.29) is 31.8 Å². The summed E-state index contributed by atoms with van der Waals surface area (Å²) in [7, 11) is 0. The lowest BCUT2D eigenvalue weighted by Gasteiger charge is -2.26. The molecule has 0 saturated carbocycles. The van der Waals surface area contributed by atoms with Crippen molar-refractivity contribution in [1.29, 1.82) is 0 Å². The molecule has 0 aliphatic rings. The first-order valence-electron chi connectivity index (χ1n) is 11.4. The first-order valence-corrected chi connectivity index (χ1v) is 11.4. The summed E-state index contributed by atoms with van der Waals surface area (Å²) in [6.45, 7) is 6.64. The third-order valence-electron chi connectivity index (χ3n) is 5.35. The first-order chi connectivity index (χ1) is 15.5. The van der Waals surface area contributed by atoms with Crippen molar-refractivity contribution in [3.63, 3.8) is 0 Å². The van der Waals surface area contributed by atoms with Crippen LogP contribution in [0.15, 0.2) is 54.6 Å². The fraction of sp³-hybridized carbons (Fsp3) is 0.462. The fourth-order valence-electron chi connectivity index (χ4n) is 3.48. The van der Waals surface area contributed by atoms with Gasteiger partial charge in [0, 0.05) is 19.4 Å². The van der Waals surface area contributed by atoms with Crippen LogP contribution < -0.4 is 4.74 Å². The normalized spacial score (nSPS) is 11.8. The number of hydrogen-bond acceptors (Lipinski definition) is 5. The van der Waals surface area contributed by atoms with Gasteiger partial charge in [0.15, 0.2) is 0 Å². The zero-order valence-electron chi connectivity index (χ0n) is 19.2. The molecule has 0 aliphatic carbocycles. The van der Waals surface area contributed by atoms with Gasteiger partial charge in [0.2, 0.25) is 0 Å². The summed E-state index contributed by atoms with van der Waals surface area (Å²) in [6, 6.07) is 18.3. The molecule has 0 amide bonds. The molecule has 0 aromatic heterocycles. The molecule has 2 aromatic carbocycles. The Bertz CT molecular complexity index is 820. The molecule has 0 aliphatic heterocycles. The molecular weight excluding hydrogens is 406 g/mol. The van der Waals surface area contributed by atoms with Crippen molar-refractivity contribution in [3.05, 3.63) is 65.7 Å². The Morgan fingerprint density at radius 2 is 1.62 bits per heavy atom. The molecule has 0 radical (unpaired) electrons. The number of benzene rings is 2. The van der Waals surface area contributed by atoms with Gasteiger partial charge in [-0.2, -0.15) is 0 Å². The number of likely N-dealkylation sites (N-methyl/N-ethyl adjacent to an activating group) is 1. The summed E-state index contributed by atoms with van der Waals surface area (Å²) >= 11 is 0. The summed E-state index contributed by atoms with van der Waals surface area (Å²) in [5.74, 6) is -0.493. The summed E-state index contributed by atoms with van der Waals surface area (Å²) in [6.07, 6.45) is 1.68. The molecule has 6 heteroatoms. The van der Waals surface area contributed by atoms with Crippen LogP contribution in [-0.2, 0) is 27.2 Å². The van der Waals surface area contributed by atoms with Crippen molar-refractivity contribution in [2.75, 3.05) is 26.2 Å². The van der Waals surface area contributed by atoms with E-state index in [1.807, 2.05) is 36.4 Å². The quantitative estimate of drug-likeness (QED) is 0.414. The number of esters is 1. The lowest BCUT2D eigenvalue weighted by atomic mass is 10.0. The summed E-state index contributed by atoms with van der Waals surface area (Å²) < 4.78 is 11.8. The molecule has 1 unspecified atom stereocenters. The zero-order chi connectivity index (χ0) is 23.2. The third-order valence-corrected chi connectivity index (χ3v) is 5.35. The highest BCUT2D eigenvalue weighted by Crippen LogP contribution is 2.21. The van der Waals surface area contributed by atoms with Gasteiger partial charge in [0.25, 0.3) is 0 Å². The van der Waals surface area contributed by atoms with Crippen LogP contribution in [0.1, 0.15) is 44.2 Å². The first kappa shape index (κ1) is 25.4. The van der Waals surface area contributed by atoms with Gasteiger partial charge in [-0.05, 0) is 49.5 Å². The summed E-state index contributed by atoms with van der Waals surface area (Å²) in [5, 5.41) is 8.76. The lowest BCUT2D eigenvalue weighted by molar-refractivity contribution is -0.151. The Hall–Kier alpha value is -2.86. The molecule has 6 nitrogen and oxygen atoms in total. The SMILES string of the molecule is CCN(CC)CC(COc1ccccc1CCc1ccccc1)OC(=O)CCCC(=O)O. The third kappa shape index (κ3) is 9.52. The molecule has 1 N–H and O–H groups in total. The van der Waals surface area contributed by atoms with Gasteiger partial charge in [-0.3, -0.25) is 9.59 Å². The number of nitrogens with zero attached hydrogens (tertiary/aromatic N) is 1. The molecule has 0 spiro atoms. The topological polar surface area (TPSA) is 76.1 Å². The average Bonchev–Trinajstić information content (AvgIpc) is 2.80. The van der Waals surface area contributed by atoms with Crippen LogP contribution >= 0.6 is 0 Å². The maximum Gasteiger partial charge on any atom is 0.306 e. The number of carbonyl (C=O) groups excluding carboxylic acids is 1. The highest BCUT2D eigenvalue weighted by atomic mass is 16.6. The second-order valence-electron chi connectivity index (χ2n) is 7.75. The van der Waals surface area contributed by atoms with Gasteiger partial charge in [-0.1, -0.05) is 62.4 Å². The minimum absolute atomic E-state index is 0.0406. The van der Waals surface area contributed by atoms with Crippen LogP contribution in [0.2, 0.25) is 0 Å². The molecule has 32 heavy (non-hydrogen) atoms. The molecule has 1 atom stereocenters. The second kappa shape index (κ2) is 14.2. The Morgan fingerprint density at radius 3 is 2.31 bits per heavy atom. The monoisotopic (exact) mass is 441 g/mol. The van der Waals surface area contributed by atoms with E-state index in [9.17, 15) is 9.59 Å². The second-order valence-corrected chi connectivity index (χ2v) is 7.75. The van der Waals surface area contributed by atoms with E-state index in [4.69, 9.17) is 14.6 Å². The molecule has 0 heterocycles. The number of carboxylic acids is 1. The number of ether oxygens (including phenoxy) is 2. The molecule has 0 saturated heterocycles. The maximum absolute atomic E-state index is 12.2. The summed E-state index contributed by atoms with van der Waals surface area (Å²) in [5.41, 5.74) is 2.39. The molecule has 174 valence electrons. The van der Waals surface area contributed by atoms with Gasteiger partial charge < -0.3 is 19.5 Å². The molecule has 2 aromatic rings. The van der Waals surface area contributed by atoms with E-state index in [2.05, 4.69) is 36.9 Å². The lowest BCUT2D eigenvalue weighted by Crippen LogP contribution is -2.38. The Balaban J connectivity index is 1.98. The number of carboxylic acid groups (broad SMARTS) is 1. The van der Waals surface area contributed by atoms with Crippen molar-refractivity contribution in [2.24, 2.45) is 0 Å². The number of rotatable bonds is 15. The van der Waals surface area contributed by atoms with E-state index in [1.165, 1.54) is 5.56 Å². The van der Waals surface area contributed by atoms with Gasteiger partial charge in [-0.25, -0.2) is 0 Å². The van der Waals surface area contributed by atoms with E-state index in [1.54, 1.807) is 0 Å². The van der Waals surface area contributed by atoms with E-state index < -0.39 is 12.1 Å². The van der Waals surface area contributed by atoms with Crippen LogP contribution in [0.5, 0.6) is 5.75 Å². The van der Waals surface area contributed by atoms with Gasteiger partial charge in [0.1, 0.15) is 18.5 Å². The largest absolute Gasteiger partial charge is 0.489 e. The van der Waals surface area contributed by atoms with Crippen molar-refractivity contribution < 1.29 is 24.2 Å². The summed E-state index contributed by atoms with van der Waals surface area (Å²) in [4.78, 5) is 25.1. The van der Waals surface area contributed by atoms with Crippen LogP contribution in [0.4, 0.5) is 0 Å². The zero-order valence-corrected chi connectivity index (χ0v) is 19.2. The van der Waals surface area contributed by atoms with Crippen LogP contribution in [0.3, 0.4) is 0 Å². The van der Waals surface area contributed by atoms with E-state index >= 15 is 0 Å². The van der Waals surface area contributed by atoms with E-state index in [0.29, 0.717) is 6.54 Å². The van der Waals surface area contributed by atoms with Crippen molar-refractivity contribution in [3.8, 4) is 5.75 Å². The Morgan fingerprint density at radius 1 is 0.938 bits per heavy atom. The maximum atomic E-state index is 12.2. The van der Waals surface area contributed by atoms with Crippen molar-refractivity contribution >= 4 is 11.9 Å². The number of carbonyl (C=O) groups is 2. The van der Waals surface area contributed by atoms with Gasteiger partial charge >= 0.3 is 11.9 Å². The number of hydrogen-bond donors (Lipinski definition) is 1. The van der Waals surface area contributed by atoms with Crippen LogP contribution in [0.25, 0.3) is 0 Å².